The zero-order chi connectivity index (χ0) is 13.5. The number of rotatable bonds is 2. The summed E-state index contributed by atoms with van der Waals surface area (Å²) >= 11 is 1.58. The predicted octanol–water partition coefficient (Wildman–Crippen LogP) is 2.93. The number of hydrogen-bond acceptors (Lipinski definition) is 3. The average molecular weight is 276 g/mol. The fraction of sp³-hybridized carbons (Fsp3) is 0.533. The fourth-order valence-electron chi connectivity index (χ4n) is 3.35. The van der Waals surface area contributed by atoms with Crippen LogP contribution in [0.5, 0.6) is 0 Å². The zero-order valence-corrected chi connectivity index (χ0v) is 12.1. The summed E-state index contributed by atoms with van der Waals surface area (Å²) < 4.78 is 3.04. The maximum absolute atomic E-state index is 12.7. The molecular weight excluding hydrogens is 256 g/mol. The van der Waals surface area contributed by atoms with Crippen LogP contribution >= 0.6 is 11.5 Å². The van der Waals surface area contributed by atoms with Crippen molar-refractivity contribution in [3.63, 3.8) is 0 Å². The van der Waals surface area contributed by atoms with Gasteiger partial charge in [0.15, 0.2) is 0 Å². The summed E-state index contributed by atoms with van der Waals surface area (Å²) in [7, 11) is 0. The Morgan fingerprint density at radius 3 is 2.89 bits per heavy atom. The van der Waals surface area contributed by atoms with Gasteiger partial charge >= 0.3 is 0 Å². The second kappa shape index (κ2) is 4.76. The summed E-state index contributed by atoms with van der Waals surface area (Å²) in [5, 5.41) is 0.832. The molecule has 0 spiro atoms. The van der Waals surface area contributed by atoms with Crippen molar-refractivity contribution in [1.82, 2.24) is 3.96 Å². The molecule has 1 aromatic heterocycles. The molecule has 19 heavy (non-hydrogen) atoms. The van der Waals surface area contributed by atoms with E-state index >= 15 is 0 Å². The van der Waals surface area contributed by atoms with E-state index in [2.05, 4.69) is 6.92 Å². The van der Waals surface area contributed by atoms with E-state index in [1.165, 1.54) is 12.8 Å². The van der Waals surface area contributed by atoms with E-state index < -0.39 is 0 Å². The van der Waals surface area contributed by atoms with Crippen molar-refractivity contribution in [3.05, 3.63) is 34.6 Å². The maximum atomic E-state index is 12.7. The summed E-state index contributed by atoms with van der Waals surface area (Å²) in [5.74, 6) is 0.469. The van der Waals surface area contributed by atoms with Crippen LogP contribution in [-0.2, 0) is 5.54 Å². The largest absolute Gasteiger partial charge is 0.328 e. The highest BCUT2D eigenvalue weighted by Crippen LogP contribution is 2.40. The fourth-order valence-corrected chi connectivity index (χ4v) is 4.65. The van der Waals surface area contributed by atoms with E-state index in [1.54, 1.807) is 11.5 Å². The molecule has 1 aliphatic rings. The van der Waals surface area contributed by atoms with E-state index in [0.717, 1.165) is 22.9 Å². The molecule has 1 fully saturated rings. The molecule has 1 heterocycles. The summed E-state index contributed by atoms with van der Waals surface area (Å²) in [6, 6.07) is 7.86. The number of benzene rings is 1. The van der Waals surface area contributed by atoms with Crippen LogP contribution in [0.4, 0.5) is 0 Å². The molecule has 0 bridgehead atoms. The van der Waals surface area contributed by atoms with Crippen molar-refractivity contribution in [1.29, 1.82) is 0 Å². The van der Waals surface area contributed by atoms with Gasteiger partial charge in [-0.3, -0.25) is 8.75 Å². The van der Waals surface area contributed by atoms with Gasteiger partial charge in [0, 0.05) is 6.54 Å². The maximum Gasteiger partial charge on any atom is 0.269 e. The third kappa shape index (κ3) is 1.85. The Balaban J connectivity index is 2.21. The lowest BCUT2D eigenvalue weighted by atomic mass is 9.74. The molecule has 0 amide bonds. The minimum atomic E-state index is -0.168. The molecule has 0 radical (unpaired) electrons. The standard InChI is InChI=1S/C15H20N2OS/c1-11-6-4-5-9-15(11,10-16)17-14(18)12-7-2-3-8-13(12)19-17/h2-3,7-8,11H,4-6,9-10,16H2,1H3. The molecule has 2 N–H and O–H groups in total. The van der Waals surface area contributed by atoms with Crippen molar-refractivity contribution in [2.75, 3.05) is 6.54 Å². The van der Waals surface area contributed by atoms with Crippen LogP contribution in [0.25, 0.3) is 10.1 Å². The lowest BCUT2D eigenvalue weighted by molar-refractivity contribution is 0.134. The van der Waals surface area contributed by atoms with Gasteiger partial charge in [0.25, 0.3) is 5.56 Å². The number of aromatic nitrogens is 1. The molecule has 0 aliphatic heterocycles. The van der Waals surface area contributed by atoms with Crippen molar-refractivity contribution in [2.45, 2.75) is 38.1 Å². The Morgan fingerprint density at radius 1 is 1.42 bits per heavy atom. The number of fused-ring (bicyclic) bond motifs is 1. The normalized spacial score (nSPS) is 27.8. The van der Waals surface area contributed by atoms with Crippen LogP contribution in [0.2, 0.25) is 0 Å². The highest BCUT2D eigenvalue weighted by atomic mass is 32.1. The lowest BCUT2D eigenvalue weighted by Gasteiger charge is -2.42. The van der Waals surface area contributed by atoms with Crippen LogP contribution < -0.4 is 11.3 Å². The summed E-state index contributed by atoms with van der Waals surface area (Å²) in [5.41, 5.74) is 6.07. The Labute approximate surface area is 117 Å². The summed E-state index contributed by atoms with van der Waals surface area (Å²) in [4.78, 5) is 12.7. The van der Waals surface area contributed by atoms with E-state index in [9.17, 15) is 4.79 Å². The molecule has 2 aromatic rings. The molecule has 102 valence electrons. The molecule has 0 saturated heterocycles. The van der Waals surface area contributed by atoms with E-state index in [0.29, 0.717) is 12.5 Å². The second-order valence-corrected chi connectivity index (χ2v) is 6.63. The van der Waals surface area contributed by atoms with Crippen molar-refractivity contribution < 1.29 is 0 Å². The van der Waals surface area contributed by atoms with Gasteiger partial charge in [-0.15, -0.1) is 0 Å². The zero-order valence-electron chi connectivity index (χ0n) is 11.3. The first-order valence-corrected chi connectivity index (χ1v) is 7.78. The van der Waals surface area contributed by atoms with Crippen LogP contribution in [0.3, 0.4) is 0 Å². The second-order valence-electron chi connectivity index (χ2n) is 5.64. The van der Waals surface area contributed by atoms with Crippen molar-refractivity contribution in [2.24, 2.45) is 11.7 Å². The monoisotopic (exact) mass is 276 g/mol. The van der Waals surface area contributed by atoms with Crippen molar-refractivity contribution in [3.8, 4) is 0 Å². The minimum Gasteiger partial charge on any atom is -0.328 e. The number of hydrogen-bond donors (Lipinski definition) is 1. The van der Waals surface area contributed by atoms with Gasteiger partial charge in [0.05, 0.1) is 15.6 Å². The third-order valence-corrected chi connectivity index (χ3v) is 5.93. The Bertz CT molecular complexity index is 645. The number of nitrogens with zero attached hydrogens (tertiary/aromatic N) is 1. The van der Waals surface area contributed by atoms with E-state index in [-0.39, 0.29) is 11.1 Å². The third-order valence-electron chi connectivity index (χ3n) is 4.66. The number of nitrogens with two attached hydrogens (primary N) is 1. The Morgan fingerprint density at radius 2 is 2.21 bits per heavy atom. The van der Waals surface area contributed by atoms with Gasteiger partial charge in [-0.1, -0.05) is 43.4 Å². The molecular formula is C15H20N2OS. The van der Waals surface area contributed by atoms with Gasteiger partial charge in [0.2, 0.25) is 0 Å². The SMILES string of the molecule is CC1CCCCC1(CN)n1sc2ccccc2c1=O. The summed E-state index contributed by atoms with van der Waals surface area (Å²) in [6.45, 7) is 2.80. The molecule has 1 saturated carbocycles. The molecule has 4 heteroatoms. The highest BCUT2D eigenvalue weighted by molar-refractivity contribution is 7.13. The highest BCUT2D eigenvalue weighted by Gasteiger charge is 2.40. The van der Waals surface area contributed by atoms with Crippen LogP contribution in [0, 0.1) is 5.92 Å². The van der Waals surface area contributed by atoms with Gasteiger partial charge < -0.3 is 5.73 Å². The van der Waals surface area contributed by atoms with Gasteiger partial charge in [0.1, 0.15) is 0 Å². The quantitative estimate of drug-likeness (QED) is 0.916. The lowest BCUT2D eigenvalue weighted by Crippen LogP contribution is -2.50. The van der Waals surface area contributed by atoms with Crippen LogP contribution in [0.15, 0.2) is 29.1 Å². The van der Waals surface area contributed by atoms with Crippen molar-refractivity contribution >= 4 is 21.6 Å². The predicted molar refractivity (Wildman–Crippen MR) is 80.7 cm³/mol. The molecule has 2 unspecified atom stereocenters. The molecule has 1 aromatic carbocycles. The molecule has 3 rings (SSSR count). The first kappa shape index (κ1) is 12.9. The van der Waals surface area contributed by atoms with Crippen LogP contribution in [0.1, 0.15) is 32.6 Å². The minimum absolute atomic E-state index is 0.139. The molecule has 1 aliphatic carbocycles. The Kier molecular flexibility index (Phi) is 3.23. The first-order valence-electron chi connectivity index (χ1n) is 7.01. The molecule has 2 atom stereocenters. The van der Waals surface area contributed by atoms with E-state index in [1.807, 2.05) is 28.2 Å². The van der Waals surface area contributed by atoms with Gasteiger partial charge in [-0.25, -0.2) is 0 Å². The smallest absolute Gasteiger partial charge is 0.269 e. The molecule has 3 nitrogen and oxygen atoms in total. The van der Waals surface area contributed by atoms with Crippen LogP contribution in [-0.4, -0.2) is 10.5 Å². The van der Waals surface area contributed by atoms with E-state index in [4.69, 9.17) is 5.73 Å². The summed E-state index contributed by atoms with van der Waals surface area (Å²) in [6.07, 6.45) is 4.61. The average Bonchev–Trinajstić information content (AvgIpc) is 2.78. The Hall–Kier alpha value is -1.13. The first-order chi connectivity index (χ1) is 9.19. The van der Waals surface area contributed by atoms with Gasteiger partial charge in [-0.2, -0.15) is 0 Å². The van der Waals surface area contributed by atoms with Gasteiger partial charge in [-0.05, 0) is 30.9 Å². The topological polar surface area (TPSA) is 48.0 Å².